The van der Waals surface area contributed by atoms with E-state index >= 15 is 0 Å². The number of halogens is 2. The minimum atomic E-state index is -0.0261. The van der Waals surface area contributed by atoms with E-state index in [0.29, 0.717) is 17.8 Å². The zero-order valence-electron chi connectivity index (χ0n) is 11.7. The van der Waals surface area contributed by atoms with Gasteiger partial charge in [-0.25, -0.2) is 0 Å². The van der Waals surface area contributed by atoms with Crippen molar-refractivity contribution in [2.75, 3.05) is 25.4 Å². The van der Waals surface area contributed by atoms with Gasteiger partial charge in [0.25, 0.3) is 5.91 Å². The number of nitrogen functional groups attached to an aromatic ring is 1. The Morgan fingerprint density at radius 1 is 1.30 bits per heavy atom. The molecule has 6 heteroatoms. The number of likely N-dealkylation sites (N-methyl/N-ethyl adjacent to an activating group) is 1. The highest BCUT2D eigenvalue weighted by atomic mass is 35.5. The molecule has 1 amide bonds. The lowest BCUT2D eigenvalue weighted by Gasteiger charge is -2.19. The van der Waals surface area contributed by atoms with Crippen molar-refractivity contribution in [2.45, 2.75) is 25.8 Å². The van der Waals surface area contributed by atoms with E-state index in [4.69, 9.17) is 5.73 Å². The van der Waals surface area contributed by atoms with Gasteiger partial charge in [-0.05, 0) is 43.7 Å². The Morgan fingerprint density at radius 3 is 2.40 bits per heavy atom. The monoisotopic (exact) mass is 319 g/mol. The molecule has 0 heterocycles. The van der Waals surface area contributed by atoms with Crippen LogP contribution in [0.15, 0.2) is 24.3 Å². The maximum Gasteiger partial charge on any atom is 0.251 e. The lowest BCUT2D eigenvalue weighted by atomic mass is 10.2. The fourth-order valence-corrected chi connectivity index (χ4v) is 2.09. The van der Waals surface area contributed by atoms with E-state index in [-0.39, 0.29) is 30.7 Å². The zero-order valence-corrected chi connectivity index (χ0v) is 13.3. The minimum absolute atomic E-state index is 0. The lowest BCUT2D eigenvalue weighted by molar-refractivity contribution is 0.0948. The minimum Gasteiger partial charge on any atom is -0.399 e. The number of carbonyl (C=O) groups excluding carboxylic acids is 1. The first-order valence-electron chi connectivity index (χ1n) is 6.58. The predicted molar refractivity (Wildman–Crippen MR) is 88.0 cm³/mol. The Hall–Kier alpha value is -0.970. The summed E-state index contributed by atoms with van der Waals surface area (Å²) in [5.41, 5.74) is 6.93. The van der Waals surface area contributed by atoms with Crippen molar-refractivity contribution in [3.05, 3.63) is 29.8 Å². The smallest absolute Gasteiger partial charge is 0.251 e. The van der Waals surface area contributed by atoms with Gasteiger partial charge in [-0.15, -0.1) is 24.8 Å². The van der Waals surface area contributed by atoms with Crippen molar-refractivity contribution >= 4 is 36.4 Å². The van der Waals surface area contributed by atoms with Crippen LogP contribution in [0, 0.1) is 0 Å². The quantitative estimate of drug-likeness (QED) is 0.791. The number of anilines is 1. The molecule has 114 valence electrons. The molecule has 1 fully saturated rings. The molecule has 3 N–H and O–H groups in total. The fourth-order valence-electron chi connectivity index (χ4n) is 2.09. The van der Waals surface area contributed by atoms with E-state index in [1.807, 2.05) is 0 Å². The average molecular weight is 320 g/mol. The van der Waals surface area contributed by atoms with E-state index < -0.39 is 0 Å². The van der Waals surface area contributed by atoms with Crippen molar-refractivity contribution in [3.63, 3.8) is 0 Å². The highest BCUT2D eigenvalue weighted by Crippen LogP contribution is 2.25. The molecular formula is C14H23Cl2N3O. The summed E-state index contributed by atoms with van der Waals surface area (Å²) in [5, 5.41) is 2.94. The molecule has 0 spiro atoms. The molecule has 0 aromatic heterocycles. The van der Waals surface area contributed by atoms with E-state index in [1.165, 1.54) is 12.8 Å². The number of nitrogens with one attached hydrogen (secondary N) is 1. The maximum absolute atomic E-state index is 11.8. The van der Waals surface area contributed by atoms with Crippen molar-refractivity contribution in [3.8, 4) is 0 Å². The fraction of sp³-hybridized carbons (Fsp3) is 0.500. The van der Waals surface area contributed by atoms with Crippen LogP contribution in [0.5, 0.6) is 0 Å². The molecule has 4 nitrogen and oxygen atoms in total. The summed E-state index contributed by atoms with van der Waals surface area (Å²) in [7, 11) is 0. The maximum atomic E-state index is 11.8. The first-order chi connectivity index (χ1) is 8.70. The number of carbonyl (C=O) groups is 1. The molecule has 0 aliphatic heterocycles. The third-order valence-corrected chi connectivity index (χ3v) is 3.33. The van der Waals surface area contributed by atoms with Crippen molar-refractivity contribution in [1.82, 2.24) is 10.2 Å². The van der Waals surface area contributed by atoms with Gasteiger partial charge in [-0.1, -0.05) is 6.92 Å². The number of nitrogens with zero attached hydrogens (tertiary/aromatic N) is 1. The first-order valence-corrected chi connectivity index (χ1v) is 6.58. The summed E-state index contributed by atoms with van der Waals surface area (Å²) in [6.07, 6.45) is 2.61. The van der Waals surface area contributed by atoms with Crippen molar-refractivity contribution in [2.24, 2.45) is 0 Å². The number of nitrogens with two attached hydrogens (primary N) is 1. The summed E-state index contributed by atoms with van der Waals surface area (Å²) in [5.74, 6) is -0.0261. The number of hydrogen-bond donors (Lipinski definition) is 2. The second-order valence-corrected chi connectivity index (χ2v) is 4.74. The third kappa shape index (κ3) is 5.57. The second-order valence-electron chi connectivity index (χ2n) is 4.74. The summed E-state index contributed by atoms with van der Waals surface area (Å²) < 4.78 is 0. The van der Waals surface area contributed by atoms with Gasteiger partial charge in [0.15, 0.2) is 0 Å². The van der Waals surface area contributed by atoms with Gasteiger partial charge in [0.05, 0.1) is 0 Å². The van der Waals surface area contributed by atoms with Crippen LogP contribution in [0.1, 0.15) is 30.1 Å². The van der Waals surface area contributed by atoms with Crippen LogP contribution in [0.4, 0.5) is 5.69 Å². The molecule has 0 bridgehead atoms. The predicted octanol–water partition coefficient (Wildman–Crippen LogP) is 2.33. The van der Waals surface area contributed by atoms with Crippen LogP contribution >= 0.6 is 24.8 Å². The third-order valence-electron chi connectivity index (χ3n) is 3.33. The zero-order chi connectivity index (χ0) is 13.0. The number of amides is 1. The van der Waals surface area contributed by atoms with Crippen LogP contribution in [0.3, 0.4) is 0 Å². The molecule has 0 saturated heterocycles. The molecule has 20 heavy (non-hydrogen) atoms. The molecule has 2 rings (SSSR count). The summed E-state index contributed by atoms with van der Waals surface area (Å²) >= 11 is 0. The van der Waals surface area contributed by atoms with Crippen LogP contribution in [-0.2, 0) is 0 Å². The molecule has 0 radical (unpaired) electrons. The van der Waals surface area contributed by atoms with Crippen molar-refractivity contribution in [1.29, 1.82) is 0 Å². The standard InChI is InChI=1S/C14H21N3O.2ClH/c1-2-17(13-7-8-13)10-9-16-14(18)11-3-5-12(15)6-4-11;;/h3-6,13H,2,7-10,15H2,1H3,(H,16,18);2*1H. The van der Waals surface area contributed by atoms with E-state index in [0.717, 1.165) is 19.1 Å². The Bertz CT molecular complexity index is 407. The van der Waals surface area contributed by atoms with Gasteiger partial charge >= 0.3 is 0 Å². The van der Waals surface area contributed by atoms with E-state index in [2.05, 4.69) is 17.1 Å². The lowest BCUT2D eigenvalue weighted by Crippen LogP contribution is -2.36. The Kier molecular flexibility index (Phi) is 8.62. The number of benzene rings is 1. The summed E-state index contributed by atoms with van der Waals surface area (Å²) in [6.45, 7) is 4.86. The van der Waals surface area contributed by atoms with E-state index in [1.54, 1.807) is 24.3 Å². The molecular weight excluding hydrogens is 297 g/mol. The van der Waals surface area contributed by atoms with Crippen LogP contribution in [0.2, 0.25) is 0 Å². The molecule has 1 saturated carbocycles. The van der Waals surface area contributed by atoms with Gasteiger partial charge in [0.2, 0.25) is 0 Å². The first kappa shape index (κ1) is 19.0. The Labute approximate surface area is 132 Å². The molecule has 0 unspecified atom stereocenters. The Balaban J connectivity index is 0.00000180. The number of hydrogen-bond acceptors (Lipinski definition) is 3. The topological polar surface area (TPSA) is 58.4 Å². The largest absolute Gasteiger partial charge is 0.399 e. The second kappa shape index (κ2) is 9.06. The van der Waals surface area contributed by atoms with E-state index in [9.17, 15) is 4.79 Å². The molecule has 1 aromatic carbocycles. The highest BCUT2D eigenvalue weighted by molar-refractivity contribution is 5.94. The van der Waals surface area contributed by atoms with Crippen LogP contribution in [-0.4, -0.2) is 36.5 Å². The highest BCUT2D eigenvalue weighted by Gasteiger charge is 2.27. The molecule has 1 aliphatic rings. The Morgan fingerprint density at radius 2 is 1.90 bits per heavy atom. The van der Waals surface area contributed by atoms with Gasteiger partial charge in [0.1, 0.15) is 0 Å². The van der Waals surface area contributed by atoms with Gasteiger partial charge in [0, 0.05) is 30.4 Å². The SMILES string of the molecule is CCN(CCNC(=O)c1ccc(N)cc1)C1CC1.Cl.Cl. The molecule has 0 atom stereocenters. The summed E-state index contributed by atoms with van der Waals surface area (Å²) in [6, 6.07) is 7.75. The van der Waals surface area contributed by atoms with Gasteiger partial charge < -0.3 is 11.1 Å². The average Bonchev–Trinajstić information content (AvgIpc) is 3.19. The normalized spacial score (nSPS) is 13.3. The van der Waals surface area contributed by atoms with Crippen LogP contribution in [0.25, 0.3) is 0 Å². The van der Waals surface area contributed by atoms with Crippen LogP contribution < -0.4 is 11.1 Å². The number of rotatable bonds is 6. The van der Waals surface area contributed by atoms with Gasteiger partial charge in [-0.2, -0.15) is 0 Å². The summed E-state index contributed by atoms with van der Waals surface area (Å²) in [4.78, 5) is 14.3. The molecule has 1 aliphatic carbocycles. The van der Waals surface area contributed by atoms with Crippen molar-refractivity contribution < 1.29 is 4.79 Å². The van der Waals surface area contributed by atoms with Gasteiger partial charge in [-0.3, -0.25) is 9.69 Å². The molecule has 1 aromatic rings.